The summed E-state index contributed by atoms with van der Waals surface area (Å²) in [7, 11) is 0. The molecule has 0 unspecified atom stereocenters. The number of carbonyl (C=O) groups excluding carboxylic acids is 1. The molecule has 2 aromatic rings. The van der Waals surface area contributed by atoms with Gasteiger partial charge in [0.25, 0.3) is 5.91 Å². The van der Waals surface area contributed by atoms with Gasteiger partial charge in [-0.15, -0.1) is 0 Å². The summed E-state index contributed by atoms with van der Waals surface area (Å²) in [5.41, 5.74) is -1.02. The molecule has 19 heavy (non-hydrogen) atoms. The van der Waals surface area contributed by atoms with E-state index in [-0.39, 0.29) is 5.56 Å². The lowest BCUT2D eigenvalue weighted by Gasteiger charge is -2.07. The van der Waals surface area contributed by atoms with Crippen molar-refractivity contribution in [1.82, 2.24) is 4.98 Å². The average Bonchev–Trinajstić information content (AvgIpc) is 2.36. The maximum atomic E-state index is 13.3. The second-order valence-corrected chi connectivity index (χ2v) is 3.64. The molecule has 0 aliphatic carbocycles. The van der Waals surface area contributed by atoms with E-state index >= 15 is 0 Å². The van der Waals surface area contributed by atoms with Crippen LogP contribution in [-0.2, 0) is 0 Å². The van der Waals surface area contributed by atoms with Gasteiger partial charge in [0.05, 0.1) is 11.3 Å². The summed E-state index contributed by atoms with van der Waals surface area (Å²) in [6, 6.07) is 3.31. The molecule has 1 amide bonds. The molecule has 98 valence electrons. The first-order chi connectivity index (χ1) is 8.97. The van der Waals surface area contributed by atoms with Crippen LogP contribution >= 0.6 is 0 Å². The number of benzene rings is 1. The second-order valence-electron chi connectivity index (χ2n) is 3.64. The third kappa shape index (κ3) is 2.82. The van der Waals surface area contributed by atoms with Crippen LogP contribution in [0.2, 0.25) is 0 Å². The van der Waals surface area contributed by atoms with E-state index in [2.05, 4.69) is 4.98 Å². The number of pyridine rings is 1. The van der Waals surface area contributed by atoms with E-state index in [4.69, 9.17) is 0 Å². The molecule has 0 spiro atoms. The Morgan fingerprint density at radius 3 is 2.53 bits per heavy atom. The number of hydrogen-bond acceptors (Lipinski definition) is 2. The SMILES string of the molecule is O=C(Nc1cc(F)cc(F)c1F)c1ccc(=O)[nH]c1. The standard InChI is InChI=1S/C12H7F3N2O2/c13-7-3-8(14)11(15)9(4-7)17-12(19)6-1-2-10(18)16-5-6/h1-5H,(H,16,18)(H,17,19). The fourth-order valence-corrected chi connectivity index (χ4v) is 1.39. The molecule has 0 atom stereocenters. The van der Waals surface area contributed by atoms with Crippen molar-refractivity contribution in [3.8, 4) is 0 Å². The fraction of sp³-hybridized carbons (Fsp3) is 0. The molecule has 0 radical (unpaired) electrons. The van der Waals surface area contributed by atoms with Crippen molar-refractivity contribution in [2.75, 3.05) is 5.32 Å². The third-order valence-electron chi connectivity index (χ3n) is 2.29. The third-order valence-corrected chi connectivity index (χ3v) is 2.29. The minimum absolute atomic E-state index is 0.0173. The summed E-state index contributed by atoms with van der Waals surface area (Å²) in [6.07, 6.45) is 1.10. The molecule has 1 aromatic carbocycles. The van der Waals surface area contributed by atoms with Crippen LogP contribution in [0.4, 0.5) is 18.9 Å². The average molecular weight is 268 g/mol. The Kier molecular flexibility index (Phi) is 3.37. The summed E-state index contributed by atoms with van der Waals surface area (Å²) >= 11 is 0. The van der Waals surface area contributed by atoms with E-state index < -0.39 is 34.6 Å². The molecule has 4 nitrogen and oxygen atoms in total. The Labute approximate surface area is 104 Å². The largest absolute Gasteiger partial charge is 0.328 e. The van der Waals surface area contributed by atoms with Crippen LogP contribution in [0.3, 0.4) is 0 Å². The number of aromatic nitrogens is 1. The van der Waals surface area contributed by atoms with Crippen LogP contribution in [0.5, 0.6) is 0 Å². The van der Waals surface area contributed by atoms with Gasteiger partial charge in [0.2, 0.25) is 5.56 Å². The molecule has 0 saturated heterocycles. The highest BCUT2D eigenvalue weighted by atomic mass is 19.2. The predicted molar refractivity (Wildman–Crippen MR) is 61.3 cm³/mol. The molecule has 0 bridgehead atoms. The van der Waals surface area contributed by atoms with Crippen molar-refractivity contribution in [1.29, 1.82) is 0 Å². The van der Waals surface area contributed by atoms with Gasteiger partial charge in [-0.1, -0.05) is 0 Å². The van der Waals surface area contributed by atoms with Gasteiger partial charge in [0.15, 0.2) is 11.6 Å². The molecule has 2 rings (SSSR count). The van der Waals surface area contributed by atoms with E-state index in [1.54, 1.807) is 0 Å². The van der Waals surface area contributed by atoms with Crippen LogP contribution in [0.1, 0.15) is 10.4 Å². The van der Waals surface area contributed by atoms with Gasteiger partial charge < -0.3 is 10.3 Å². The number of carbonyl (C=O) groups is 1. The first kappa shape index (κ1) is 12.9. The summed E-state index contributed by atoms with van der Waals surface area (Å²) < 4.78 is 39.1. The molecule has 2 N–H and O–H groups in total. The Bertz CT molecular complexity index is 677. The number of H-pyrrole nitrogens is 1. The number of anilines is 1. The first-order valence-electron chi connectivity index (χ1n) is 5.12. The summed E-state index contributed by atoms with van der Waals surface area (Å²) in [5.74, 6) is -4.59. The fourth-order valence-electron chi connectivity index (χ4n) is 1.39. The van der Waals surface area contributed by atoms with E-state index in [9.17, 15) is 22.8 Å². The maximum absolute atomic E-state index is 13.3. The zero-order chi connectivity index (χ0) is 14.0. The van der Waals surface area contributed by atoms with Crippen LogP contribution < -0.4 is 10.9 Å². The van der Waals surface area contributed by atoms with Crippen LogP contribution in [0.15, 0.2) is 35.3 Å². The highest BCUT2D eigenvalue weighted by Crippen LogP contribution is 2.19. The zero-order valence-corrected chi connectivity index (χ0v) is 9.34. The normalized spacial score (nSPS) is 10.3. The van der Waals surface area contributed by atoms with Gasteiger partial charge in [-0.3, -0.25) is 9.59 Å². The van der Waals surface area contributed by atoms with E-state index in [0.29, 0.717) is 12.1 Å². The number of halogens is 3. The lowest BCUT2D eigenvalue weighted by atomic mass is 10.2. The zero-order valence-electron chi connectivity index (χ0n) is 9.34. The monoisotopic (exact) mass is 268 g/mol. The number of amides is 1. The number of rotatable bonds is 2. The Balaban J connectivity index is 2.29. The molecule has 0 aliphatic rings. The van der Waals surface area contributed by atoms with Crippen LogP contribution in [0, 0.1) is 17.5 Å². The summed E-state index contributed by atoms with van der Waals surface area (Å²) in [6.45, 7) is 0. The van der Waals surface area contributed by atoms with Gasteiger partial charge in [0, 0.05) is 24.4 Å². The van der Waals surface area contributed by atoms with E-state index in [1.165, 1.54) is 6.07 Å². The molecule has 1 aromatic heterocycles. The predicted octanol–water partition coefficient (Wildman–Crippen LogP) is 2.04. The van der Waals surface area contributed by atoms with Crippen LogP contribution in [-0.4, -0.2) is 10.9 Å². The van der Waals surface area contributed by atoms with Gasteiger partial charge in [0.1, 0.15) is 5.82 Å². The summed E-state index contributed by atoms with van der Waals surface area (Å²) in [4.78, 5) is 24.7. The minimum Gasteiger partial charge on any atom is -0.328 e. The molecule has 7 heteroatoms. The highest BCUT2D eigenvalue weighted by Gasteiger charge is 2.14. The topological polar surface area (TPSA) is 62.0 Å². The molecule has 0 aliphatic heterocycles. The number of nitrogens with one attached hydrogen (secondary N) is 2. The van der Waals surface area contributed by atoms with E-state index in [0.717, 1.165) is 12.3 Å². The summed E-state index contributed by atoms with van der Waals surface area (Å²) in [5, 5.41) is 2.01. The van der Waals surface area contributed by atoms with Crippen molar-refractivity contribution < 1.29 is 18.0 Å². The van der Waals surface area contributed by atoms with E-state index in [1.807, 2.05) is 5.32 Å². The van der Waals surface area contributed by atoms with Crippen molar-refractivity contribution in [3.05, 3.63) is 63.8 Å². The van der Waals surface area contributed by atoms with Crippen LogP contribution in [0.25, 0.3) is 0 Å². The Hall–Kier alpha value is -2.57. The number of aromatic amines is 1. The Morgan fingerprint density at radius 1 is 1.16 bits per heavy atom. The highest BCUT2D eigenvalue weighted by molar-refractivity contribution is 6.04. The van der Waals surface area contributed by atoms with Gasteiger partial charge in [-0.2, -0.15) is 0 Å². The maximum Gasteiger partial charge on any atom is 0.257 e. The molecule has 0 saturated carbocycles. The van der Waals surface area contributed by atoms with Crippen molar-refractivity contribution in [3.63, 3.8) is 0 Å². The molecular formula is C12H7F3N2O2. The van der Waals surface area contributed by atoms with Gasteiger partial charge >= 0.3 is 0 Å². The lowest BCUT2D eigenvalue weighted by Crippen LogP contribution is -2.16. The van der Waals surface area contributed by atoms with Crippen molar-refractivity contribution in [2.24, 2.45) is 0 Å². The Morgan fingerprint density at radius 2 is 1.89 bits per heavy atom. The second kappa shape index (κ2) is 4.97. The molecular weight excluding hydrogens is 261 g/mol. The smallest absolute Gasteiger partial charge is 0.257 e. The lowest BCUT2D eigenvalue weighted by molar-refractivity contribution is 0.102. The number of hydrogen-bond donors (Lipinski definition) is 2. The van der Waals surface area contributed by atoms with Crippen molar-refractivity contribution >= 4 is 11.6 Å². The van der Waals surface area contributed by atoms with Crippen molar-refractivity contribution in [2.45, 2.75) is 0 Å². The van der Waals surface area contributed by atoms with Gasteiger partial charge in [-0.05, 0) is 6.07 Å². The molecule has 1 heterocycles. The molecule has 0 fully saturated rings. The minimum atomic E-state index is -1.41. The first-order valence-corrected chi connectivity index (χ1v) is 5.12. The van der Waals surface area contributed by atoms with Gasteiger partial charge in [-0.25, -0.2) is 13.2 Å². The quantitative estimate of drug-likeness (QED) is 0.819.